The zero-order valence-corrected chi connectivity index (χ0v) is 15.4. The van der Waals surface area contributed by atoms with Crippen LogP contribution in [0.3, 0.4) is 0 Å². The Bertz CT molecular complexity index is 912. The Hall–Kier alpha value is -2.55. The number of fused-ring (bicyclic) bond motifs is 1. The first kappa shape index (κ1) is 17.5. The SMILES string of the molecule is Fc1ccccc1-n1cc(CN2C[C@@H]3OCC(n4cccn4)CO[C@H]3C2)cn1. The minimum absolute atomic E-state index is 0.0576. The molecule has 2 atom stereocenters. The van der Waals surface area contributed by atoms with Crippen molar-refractivity contribution in [1.29, 1.82) is 0 Å². The molecule has 0 aliphatic carbocycles. The first-order valence-corrected chi connectivity index (χ1v) is 9.49. The molecule has 2 aliphatic rings. The molecular formula is C20H22FN5O2. The van der Waals surface area contributed by atoms with Crippen molar-refractivity contribution >= 4 is 0 Å². The van der Waals surface area contributed by atoms with Gasteiger partial charge in [0.2, 0.25) is 0 Å². The van der Waals surface area contributed by atoms with Gasteiger partial charge in [-0.2, -0.15) is 10.2 Å². The van der Waals surface area contributed by atoms with E-state index in [2.05, 4.69) is 15.1 Å². The highest BCUT2D eigenvalue weighted by Gasteiger charge is 2.37. The van der Waals surface area contributed by atoms with Gasteiger partial charge < -0.3 is 9.47 Å². The average molecular weight is 383 g/mol. The zero-order chi connectivity index (χ0) is 18.9. The van der Waals surface area contributed by atoms with Crippen LogP contribution in [0.5, 0.6) is 0 Å². The Morgan fingerprint density at radius 3 is 2.54 bits per heavy atom. The predicted octanol–water partition coefficient (Wildman–Crippen LogP) is 2.05. The lowest BCUT2D eigenvalue weighted by molar-refractivity contribution is -0.00461. The molecule has 0 amide bonds. The number of hydrogen-bond donors (Lipinski definition) is 0. The monoisotopic (exact) mass is 383 g/mol. The molecule has 28 heavy (non-hydrogen) atoms. The number of hydrogen-bond acceptors (Lipinski definition) is 5. The van der Waals surface area contributed by atoms with Crippen molar-refractivity contribution < 1.29 is 13.9 Å². The molecule has 4 heterocycles. The van der Waals surface area contributed by atoms with Gasteiger partial charge in [0, 0.05) is 43.8 Å². The Labute approximate surface area is 162 Å². The summed E-state index contributed by atoms with van der Waals surface area (Å²) in [5.41, 5.74) is 1.49. The summed E-state index contributed by atoms with van der Waals surface area (Å²) in [5, 5.41) is 8.60. The highest BCUT2D eigenvalue weighted by molar-refractivity contribution is 5.32. The van der Waals surface area contributed by atoms with Crippen LogP contribution in [0.15, 0.2) is 55.1 Å². The van der Waals surface area contributed by atoms with Gasteiger partial charge in [-0.1, -0.05) is 12.1 Å². The van der Waals surface area contributed by atoms with Crippen LogP contribution in [0.25, 0.3) is 5.69 Å². The molecule has 0 unspecified atom stereocenters. The lowest BCUT2D eigenvalue weighted by Crippen LogP contribution is -2.27. The fourth-order valence-corrected chi connectivity index (χ4v) is 3.90. The summed E-state index contributed by atoms with van der Waals surface area (Å²) < 4.78 is 29.7. The number of likely N-dealkylation sites (tertiary alicyclic amines) is 1. The van der Waals surface area contributed by atoms with Crippen LogP contribution in [-0.4, -0.2) is 63.0 Å². The van der Waals surface area contributed by atoms with Gasteiger partial charge in [0.1, 0.15) is 11.5 Å². The highest BCUT2D eigenvalue weighted by atomic mass is 19.1. The molecule has 0 N–H and O–H groups in total. The number of aromatic nitrogens is 4. The van der Waals surface area contributed by atoms with E-state index in [1.54, 1.807) is 35.3 Å². The second-order valence-electron chi connectivity index (χ2n) is 7.32. The van der Waals surface area contributed by atoms with E-state index >= 15 is 0 Å². The van der Waals surface area contributed by atoms with Crippen LogP contribution in [-0.2, 0) is 16.0 Å². The Morgan fingerprint density at radius 1 is 1.04 bits per heavy atom. The average Bonchev–Trinajstić information content (AvgIpc) is 3.43. The van der Waals surface area contributed by atoms with Crippen LogP contribution >= 0.6 is 0 Å². The van der Waals surface area contributed by atoms with Crippen molar-refractivity contribution in [3.63, 3.8) is 0 Å². The van der Waals surface area contributed by atoms with Crippen LogP contribution in [0.2, 0.25) is 0 Å². The van der Waals surface area contributed by atoms with Gasteiger partial charge in [0.25, 0.3) is 0 Å². The van der Waals surface area contributed by atoms with Gasteiger partial charge in [-0.25, -0.2) is 9.07 Å². The van der Waals surface area contributed by atoms with Crippen molar-refractivity contribution in [3.8, 4) is 5.69 Å². The molecule has 0 bridgehead atoms. The van der Waals surface area contributed by atoms with Gasteiger partial charge in [-0.3, -0.25) is 9.58 Å². The zero-order valence-electron chi connectivity index (χ0n) is 15.4. The maximum Gasteiger partial charge on any atom is 0.148 e. The largest absolute Gasteiger partial charge is 0.372 e. The van der Waals surface area contributed by atoms with Crippen molar-refractivity contribution in [2.75, 3.05) is 26.3 Å². The molecule has 0 spiro atoms. The Kier molecular flexibility index (Phi) is 4.67. The van der Waals surface area contributed by atoms with Crippen molar-refractivity contribution in [3.05, 3.63) is 66.5 Å². The van der Waals surface area contributed by atoms with E-state index in [9.17, 15) is 4.39 Å². The smallest absolute Gasteiger partial charge is 0.148 e. The second-order valence-corrected chi connectivity index (χ2v) is 7.32. The van der Waals surface area contributed by atoms with Crippen molar-refractivity contribution in [2.45, 2.75) is 24.8 Å². The van der Waals surface area contributed by atoms with Gasteiger partial charge >= 0.3 is 0 Å². The third kappa shape index (κ3) is 3.46. The molecule has 8 heteroatoms. The molecule has 2 aliphatic heterocycles. The standard InChI is InChI=1S/C20H22FN5O2/c21-17-4-1-2-5-18(17)26-10-15(8-23-26)9-24-11-19-20(12-24)28-14-16(13-27-19)25-7-3-6-22-25/h1-8,10,16,19-20H,9,11-14H2/t19-,20-/m0/s1. The summed E-state index contributed by atoms with van der Waals surface area (Å²) in [5.74, 6) is -0.283. The normalized spacial score (nSPS) is 23.6. The molecule has 2 saturated heterocycles. The Morgan fingerprint density at radius 2 is 1.82 bits per heavy atom. The molecule has 2 aromatic heterocycles. The van der Waals surface area contributed by atoms with E-state index in [0.717, 1.165) is 25.2 Å². The quantitative estimate of drug-likeness (QED) is 0.690. The van der Waals surface area contributed by atoms with E-state index in [1.165, 1.54) is 6.07 Å². The van der Waals surface area contributed by atoms with Gasteiger partial charge in [-0.15, -0.1) is 0 Å². The fourth-order valence-electron chi connectivity index (χ4n) is 3.90. The van der Waals surface area contributed by atoms with Crippen LogP contribution in [0, 0.1) is 5.82 Å². The first-order valence-electron chi connectivity index (χ1n) is 9.49. The summed E-state index contributed by atoms with van der Waals surface area (Å²) >= 11 is 0. The second kappa shape index (κ2) is 7.46. The molecule has 2 fully saturated rings. The molecule has 146 valence electrons. The molecule has 5 rings (SSSR count). The minimum Gasteiger partial charge on any atom is -0.372 e. The Balaban J connectivity index is 1.21. The van der Waals surface area contributed by atoms with Gasteiger partial charge in [0.15, 0.2) is 0 Å². The maximum atomic E-state index is 14.0. The highest BCUT2D eigenvalue weighted by Crippen LogP contribution is 2.25. The summed E-state index contributed by atoms with van der Waals surface area (Å²) in [4.78, 5) is 2.30. The molecule has 7 nitrogen and oxygen atoms in total. The number of para-hydroxylation sites is 1. The minimum atomic E-state index is -0.283. The van der Waals surface area contributed by atoms with Crippen molar-refractivity contribution in [1.82, 2.24) is 24.5 Å². The molecule has 0 radical (unpaired) electrons. The first-order chi connectivity index (χ1) is 13.8. The molecule has 0 saturated carbocycles. The summed E-state index contributed by atoms with van der Waals surface area (Å²) in [7, 11) is 0. The van der Waals surface area contributed by atoms with Crippen LogP contribution < -0.4 is 0 Å². The lowest BCUT2D eigenvalue weighted by atomic mass is 10.3. The van der Waals surface area contributed by atoms with Crippen molar-refractivity contribution in [2.24, 2.45) is 0 Å². The van der Waals surface area contributed by atoms with Gasteiger partial charge in [0.05, 0.1) is 37.7 Å². The van der Waals surface area contributed by atoms with E-state index in [0.29, 0.717) is 18.9 Å². The third-order valence-corrected chi connectivity index (χ3v) is 5.34. The summed E-state index contributed by atoms with van der Waals surface area (Å²) in [6, 6.07) is 8.67. The van der Waals surface area contributed by atoms with Crippen LogP contribution in [0.1, 0.15) is 11.6 Å². The molecule has 3 aromatic rings. The number of benzene rings is 1. The topological polar surface area (TPSA) is 57.3 Å². The van der Waals surface area contributed by atoms with Crippen LogP contribution in [0.4, 0.5) is 4.39 Å². The summed E-state index contributed by atoms with van der Waals surface area (Å²) in [6.07, 6.45) is 7.50. The van der Waals surface area contributed by atoms with E-state index in [4.69, 9.17) is 9.47 Å². The number of nitrogens with zero attached hydrogens (tertiary/aromatic N) is 5. The fraction of sp³-hybridized carbons (Fsp3) is 0.400. The number of ether oxygens (including phenoxy) is 2. The molecule has 1 aromatic carbocycles. The van der Waals surface area contributed by atoms with Gasteiger partial charge in [-0.05, 0) is 18.2 Å². The number of rotatable bonds is 4. The van der Waals surface area contributed by atoms with E-state index in [1.807, 2.05) is 23.1 Å². The summed E-state index contributed by atoms with van der Waals surface area (Å²) in [6.45, 7) is 3.54. The van der Waals surface area contributed by atoms with E-state index in [-0.39, 0.29) is 24.1 Å². The lowest BCUT2D eigenvalue weighted by Gasteiger charge is -2.18. The maximum absolute atomic E-state index is 14.0. The third-order valence-electron chi connectivity index (χ3n) is 5.34. The van der Waals surface area contributed by atoms with E-state index < -0.39 is 0 Å². The number of halogens is 1. The molecular weight excluding hydrogens is 361 g/mol. The predicted molar refractivity (Wildman–Crippen MR) is 99.5 cm³/mol.